The van der Waals surface area contributed by atoms with E-state index in [4.69, 9.17) is 11.6 Å². The van der Waals surface area contributed by atoms with Crippen molar-refractivity contribution in [2.24, 2.45) is 0 Å². The smallest absolute Gasteiger partial charge is 0.253 e. The van der Waals surface area contributed by atoms with Gasteiger partial charge in [0.25, 0.3) is 5.91 Å². The second-order valence-corrected chi connectivity index (χ2v) is 6.31. The van der Waals surface area contributed by atoms with E-state index in [1.165, 1.54) is 5.01 Å². The highest BCUT2D eigenvalue weighted by molar-refractivity contribution is 7.09. The number of hydrogen-bond acceptors (Lipinski definition) is 3. The molecule has 0 unspecified atom stereocenters. The Morgan fingerprint density at radius 2 is 1.95 bits per heavy atom. The summed E-state index contributed by atoms with van der Waals surface area (Å²) < 4.78 is 0. The highest BCUT2D eigenvalue weighted by Crippen LogP contribution is 2.29. The molecule has 0 atom stereocenters. The predicted molar refractivity (Wildman–Crippen MR) is 81.4 cm³/mol. The Labute approximate surface area is 127 Å². The van der Waals surface area contributed by atoms with Crippen molar-refractivity contribution >= 4 is 28.8 Å². The van der Waals surface area contributed by atoms with Gasteiger partial charge in [-0.2, -0.15) is 0 Å². The standard InChI is InChI=1S/C15H15ClN2OS/c16-13-3-1-12(2-4-13)15(19)18-8-5-11(6-9-18)14-17-7-10-20-14/h1-4,7,10-11H,5-6,8-9H2. The molecule has 0 bridgehead atoms. The largest absolute Gasteiger partial charge is 0.339 e. The highest BCUT2D eigenvalue weighted by Gasteiger charge is 2.25. The Balaban J connectivity index is 1.63. The summed E-state index contributed by atoms with van der Waals surface area (Å²) in [4.78, 5) is 18.7. The zero-order chi connectivity index (χ0) is 13.9. The van der Waals surface area contributed by atoms with Crippen molar-refractivity contribution in [3.05, 3.63) is 51.4 Å². The van der Waals surface area contributed by atoms with Crippen molar-refractivity contribution < 1.29 is 4.79 Å². The van der Waals surface area contributed by atoms with Crippen LogP contribution in [0.25, 0.3) is 0 Å². The van der Waals surface area contributed by atoms with Crippen LogP contribution in [0, 0.1) is 0 Å². The Kier molecular flexibility index (Phi) is 4.03. The molecule has 3 nitrogen and oxygen atoms in total. The Bertz CT molecular complexity index is 574. The normalized spacial score (nSPS) is 16.4. The molecule has 0 spiro atoms. The van der Waals surface area contributed by atoms with Gasteiger partial charge in [-0.1, -0.05) is 11.6 Å². The Hall–Kier alpha value is -1.39. The summed E-state index contributed by atoms with van der Waals surface area (Å²) in [6.07, 6.45) is 3.84. The van der Waals surface area contributed by atoms with E-state index in [0.717, 1.165) is 25.9 Å². The fourth-order valence-corrected chi connectivity index (χ4v) is 3.48. The number of hydrogen-bond donors (Lipinski definition) is 0. The Morgan fingerprint density at radius 1 is 1.25 bits per heavy atom. The molecular weight excluding hydrogens is 292 g/mol. The van der Waals surface area contributed by atoms with Crippen molar-refractivity contribution in [1.29, 1.82) is 0 Å². The van der Waals surface area contributed by atoms with Gasteiger partial charge in [-0.25, -0.2) is 4.98 Å². The number of carbonyl (C=O) groups excluding carboxylic acids is 1. The third-order valence-corrected chi connectivity index (χ3v) is 4.86. The maximum Gasteiger partial charge on any atom is 0.253 e. The van der Waals surface area contributed by atoms with Crippen LogP contribution in [0.2, 0.25) is 5.02 Å². The van der Waals surface area contributed by atoms with E-state index in [2.05, 4.69) is 4.98 Å². The van der Waals surface area contributed by atoms with Crippen molar-refractivity contribution in [2.75, 3.05) is 13.1 Å². The summed E-state index contributed by atoms with van der Waals surface area (Å²) in [5, 5.41) is 3.87. The summed E-state index contributed by atoms with van der Waals surface area (Å²) in [6, 6.07) is 7.10. The average Bonchev–Trinajstić information content (AvgIpc) is 3.02. The van der Waals surface area contributed by atoms with Crippen molar-refractivity contribution in [3.63, 3.8) is 0 Å². The fourth-order valence-electron chi connectivity index (χ4n) is 2.54. The third kappa shape index (κ3) is 2.86. The monoisotopic (exact) mass is 306 g/mol. The molecule has 1 saturated heterocycles. The van der Waals surface area contributed by atoms with Gasteiger partial charge in [0, 0.05) is 41.2 Å². The lowest BCUT2D eigenvalue weighted by atomic mass is 9.97. The number of rotatable bonds is 2. The highest BCUT2D eigenvalue weighted by atomic mass is 35.5. The Morgan fingerprint density at radius 3 is 2.55 bits per heavy atom. The molecule has 0 N–H and O–H groups in total. The number of likely N-dealkylation sites (tertiary alicyclic amines) is 1. The van der Waals surface area contributed by atoms with Crippen LogP contribution in [0.3, 0.4) is 0 Å². The zero-order valence-electron chi connectivity index (χ0n) is 11.0. The molecule has 104 valence electrons. The summed E-state index contributed by atoms with van der Waals surface area (Å²) in [5.41, 5.74) is 0.710. The molecule has 2 heterocycles. The first kappa shape index (κ1) is 13.6. The van der Waals surface area contributed by atoms with Gasteiger partial charge in [-0.3, -0.25) is 4.79 Å². The molecule has 2 aromatic rings. The first-order chi connectivity index (χ1) is 9.74. The van der Waals surface area contributed by atoms with E-state index >= 15 is 0 Å². The molecule has 0 aliphatic carbocycles. The number of carbonyl (C=O) groups is 1. The maximum absolute atomic E-state index is 12.4. The minimum absolute atomic E-state index is 0.0965. The lowest BCUT2D eigenvalue weighted by Gasteiger charge is -2.31. The molecule has 20 heavy (non-hydrogen) atoms. The van der Waals surface area contributed by atoms with Gasteiger partial charge in [-0.05, 0) is 37.1 Å². The molecule has 1 aliphatic rings. The minimum Gasteiger partial charge on any atom is -0.339 e. The number of amides is 1. The van der Waals surface area contributed by atoms with Crippen LogP contribution in [0.15, 0.2) is 35.8 Å². The van der Waals surface area contributed by atoms with Crippen molar-refractivity contribution in [2.45, 2.75) is 18.8 Å². The molecule has 0 saturated carbocycles. The molecule has 1 aliphatic heterocycles. The summed E-state index contributed by atoms with van der Waals surface area (Å²) >= 11 is 7.56. The first-order valence-electron chi connectivity index (χ1n) is 6.68. The quantitative estimate of drug-likeness (QED) is 0.845. The van der Waals surface area contributed by atoms with Crippen LogP contribution in [-0.4, -0.2) is 28.9 Å². The number of benzene rings is 1. The summed E-state index contributed by atoms with van der Waals surface area (Å²) in [6.45, 7) is 1.59. The SMILES string of the molecule is O=C(c1ccc(Cl)cc1)N1CCC(c2nccs2)CC1. The van der Waals surface area contributed by atoms with Gasteiger partial charge in [0.15, 0.2) is 0 Å². The third-order valence-electron chi connectivity index (χ3n) is 3.67. The second kappa shape index (κ2) is 5.94. The van der Waals surface area contributed by atoms with Gasteiger partial charge in [0.05, 0.1) is 5.01 Å². The lowest BCUT2D eigenvalue weighted by molar-refractivity contribution is 0.0713. The molecule has 1 aromatic heterocycles. The van der Waals surface area contributed by atoms with Gasteiger partial charge >= 0.3 is 0 Å². The predicted octanol–water partition coefficient (Wildman–Crippen LogP) is 3.82. The molecule has 0 radical (unpaired) electrons. The average molecular weight is 307 g/mol. The van der Waals surface area contributed by atoms with Crippen LogP contribution in [0.4, 0.5) is 0 Å². The molecule has 1 aromatic carbocycles. The maximum atomic E-state index is 12.4. The first-order valence-corrected chi connectivity index (χ1v) is 7.94. The number of nitrogens with zero attached hydrogens (tertiary/aromatic N) is 2. The number of thiazole rings is 1. The van der Waals surface area contributed by atoms with Gasteiger partial charge < -0.3 is 4.90 Å². The van der Waals surface area contributed by atoms with E-state index < -0.39 is 0 Å². The van der Waals surface area contributed by atoms with Crippen LogP contribution in [0.1, 0.15) is 34.1 Å². The van der Waals surface area contributed by atoms with Gasteiger partial charge in [0.1, 0.15) is 0 Å². The van der Waals surface area contributed by atoms with E-state index in [-0.39, 0.29) is 5.91 Å². The van der Waals surface area contributed by atoms with Gasteiger partial charge in [-0.15, -0.1) is 11.3 Å². The van der Waals surface area contributed by atoms with E-state index in [0.29, 0.717) is 16.5 Å². The summed E-state index contributed by atoms with van der Waals surface area (Å²) in [7, 11) is 0. The van der Waals surface area contributed by atoms with Crippen LogP contribution >= 0.6 is 22.9 Å². The zero-order valence-corrected chi connectivity index (χ0v) is 12.5. The van der Waals surface area contributed by atoms with Crippen LogP contribution in [0.5, 0.6) is 0 Å². The molecule has 3 rings (SSSR count). The molecule has 5 heteroatoms. The number of halogens is 1. The van der Waals surface area contributed by atoms with Crippen molar-refractivity contribution in [1.82, 2.24) is 9.88 Å². The number of aromatic nitrogens is 1. The topological polar surface area (TPSA) is 33.2 Å². The van der Waals surface area contributed by atoms with E-state index in [9.17, 15) is 4.79 Å². The van der Waals surface area contributed by atoms with E-state index in [1.807, 2.05) is 16.5 Å². The van der Waals surface area contributed by atoms with E-state index in [1.54, 1.807) is 35.6 Å². The van der Waals surface area contributed by atoms with Crippen LogP contribution in [-0.2, 0) is 0 Å². The molecule has 1 amide bonds. The van der Waals surface area contributed by atoms with Crippen LogP contribution < -0.4 is 0 Å². The van der Waals surface area contributed by atoms with Gasteiger partial charge in [0.2, 0.25) is 0 Å². The second-order valence-electron chi connectivity index (χ2n) is 4.94. The molecular formula is C15H15ClN2OS. The van der Waals surface area contributed by atoms with Crippen molar-refractivity contribution in [3.8, 4) is 0 Å². The fraction of sp³-hybridized carbons (Fsp3) is 0.333. The summed E-state index contributed by atoms with van der Waals surface area (Å²) in [5.74, 6) is 0.600. The molecule has 1 fully saturated rings. The minimum atomic E-state index is 0.0965. The number of piperidine rings is 1. The lowest BCUT2D eigenvalue weighted by Crippen LogP contribution is -2.37.